The first-order valence-corrected chi connectivity index (χ1v) is 9.42. The summed E-state index contributed by atoms with van der Waals surface area (Å²) in [5.74, 6) is -0.283. The number of amidine groups is 1. The van der Waals surface area contributed by atoms with Crippen LogP contribution in [0.15, 0.2) is 17.1 Å². The maximum Gasteiger partial charge on any atom is 0.420 e. The monoisotopic (exact) mass is 413 g/mol. The lowest BCUT2D eigenvalue weighted by Gasteiger charge is -2.32. The molecule has 9 heteroatoms. The number of methoxy groups -OCH3 is 1. The summed E-state index contributed by atoms with van der Waals surface area (Å²) in [6.07, 6.45) is 2.12. The fourth-order valence-electron chi connectivity index (χ4n) is 2.08. The summed E-state index contributed by atoms with van der Waals surface area (Å²) in [5.41, 5.74) is 3.74. The lowest BCUT2D eigenvalue weighted by molar-refractivity contribution is -0.146. The Morgan fingerprint density at radius 1 is 1.00 bits per heavy atom. The maximum absolute atomic E-state index is 12.7. The highest BCUT2D eigenvalue weighted by atomic mass is 16.6. The molecule has 0 saturated carbocycles. The Kier molecular flexibility index (Phi) is 10.4. The van der Waals surface area contributed by atoms with E-state index in [1.165, 1.54) is 7.11 Å². The van der Waals surface area contributed by atoms with Crippen LogP contribution in [0.4, 0.5) is 9.59 Å². The maximum atomic E-state index is 12.7. The summed E-state index contributed by atoms with van der Waals surface area (Å²) < 4.78 is 15.4. The molecule has 0 aromatic heterocycles. The number of amides is 2. The Hall–Kier alpha value is -2.58. The van der Waals surface area contributed by atoms with Crippen LogP contribution < -0.4 is 5.73 Å². The molecule has 0 spiro atoms. The van der Waals surface area contributed by atoms with Crippen molar-refractivity contribution in [2.75, 3.05) is 13.7 Å². The van der Waals surface area contributed by atoms with Crippen LogP contribution in [0, 0.1) is 0 Å². The van der Waals surface area contributed by atoms with Gasteiger partial charge in [-0.05, 0) is 61.3 Å². The van der Waals surface area contributed by atoms with E-state index in [-0.39, 0.29) is 6.42 Å². The van der Waals surface area contributed by atoms with E-state index in [1.807, 2.05) is 0 Å². The van der Waals surface area contributed by atoms with Crippen LogP contribution in [0.3, 0.4) is 0 Å². The second-order valence-corrected chi connectivity index (χ2v) is 8.40. The molecule has 0 aliphatic carbocycles. The SMILES string of the molecule is COC(=O)[C@H](CCC=CCN=C(C)N)N(C(=O)OC(C)(C)C)C(=O)OC(C)(C)C. The molecule has 0 unspecified atom stereocenters. The molecule has 0 saturated heterocycles. The van der Waals surface area contributed by atoms with Crippen LogP contribution in [-0.4, -0.2) is 59.8 Å². The molecular weight excluding hydrogens is 378 g/mol. The minimum atomic E-state index is -1.20. The minimum Gasteiger partial charge on any atom is -0.467 e. The molecular formula is C20H35N3O6. The van der Waals surface area contributed by atoms with Gasteiger partial charge in [-0.15, -0.1) is 0 Å². The van der Waals surface area contributed by atoms with Crippen LogP contribution in [0.5, 0.6) is 0 Å². The normalized spacial score (nSPS) is 13.7. The van der Waals surface area contributed by atoms with Crippen LogP contribution in [0.2, 0.25) is 0 Å². The number of rotatable bonds is 7. The second-order valence-electron chi connectivity index (χ2n) is 8.40. The largest absolute Gasteiger partial charge is 0.467 e. The molecule has 0 bridgehead atoms. The number of aliphatic imine (C=N–C) groups is 1. The van der Waals surface area contributed by atoms with Gasteiger partial charge in [0.15, 0.2) is 0 Å². The van der Waals surface area contributed by atoms with E-state index in [4.69, 9.17) is 19.9 Å². The number of nitrogens with zero attached hydrogens (tertiary/aromatic N) is 2. The van der Waals surface area contributed by atoms with Gasteiger partial charge in [0.05, 0.1) is 19.5 Å². The number of allylic oxidation sites excluding steroid dienone is 1. The molecule has 0 rings (SSSR count). The van der Waals surface area contributed by atoms with Gasteiger partial charge < -0.3 is 19.9 Å². The zero-order chi connectivity index (χ0) is 22.8. The lowest BCUT2D eigenvalue weighted by Crippen LogP contribution is -2.52. The minimum absolute atomic E-state index is 0.132. The highest BCUT2D eigenvalue weighted by molar-refractivity contribution is 5.94. The van der Waals surface area contributed by atoms with Gasteiger partial charge in [-0.1, -0.05) is 12.2 Å². The van der Waals surface area contributed by atoms with Gasteiger partial charge in [0.25, 0.3) is 0 Å². The van der Waals surface area contributed by atoms with Crippen LogP contribution in [0.1, 0.15) is 61.3 Å². The van der Waals surface area contributed by atoms with E-state index >= 15 is 0 Å². The van der Waals surface area contributed by atoms with Gasteiger partial charge in [-0.2, -0.15) is 4.90 Å². The Labute approximate surface area is 173 Å². The van der Waals surface area contributed by atoms with Gasteiger partial charge in [0.1, 0.15) is 17.2 Å². The van der Waals surface area contributed by atoms with E-state index in [9.17, 15) is 14.4 Å². The van der Waals surface area contributed by atoms with E-state index in [0.717, 1.165) is 0 Å². The topological polar surface area (TPSA) is 121 Å². The molecule has 0 heterocycles. The molecule has 166 valence electrons. The number of hydrogen-bond acceptors (Lipinski definition) is 7. The van der Waals surface area contributed by atoms with Gasteiger partial charge in [0.2, 0.25) is 0 Å². The highest BCUT2D eigenvalue weighted by Crippen LogP contribution is 2.20. The molecule has 0 aromatic rings. The second kappa shape index (κ2) is 11.4. The first kappa shape index (κ1) is 26.4. The Bertz CT molecular complexity index is 597. The molecule has 9 nitrogen and oxygen atoms in total. The Balaban J connectivity index is 5.60. The van der Waals surface area contributed by atoms with Crippen molar-refractivity contribution < 1.29 is 28.6 Å². The van der Waals surface area contributed by atoms with Crippen LogP contribution in [0.25, 0.3) is 0 Å². The molecule has 29 heavy (non-hydrogen) atoms. The van der Waals surface area contributed by atoms with Crippen molar-refractivity contribution in [1.29, 1.82) is 0 Å². The van der Waals surface area contributed by atoms with E-state index in [2.05, 4.69) is 4.99 Å². The molecule has 0 aromatic carbocycles. The number of imide groups is 1. The summed E-state index contributed by atoms with van der Waals surface area (Å²) in [6, 6.07) is -1.20. The van der Waals surface area contributed by atoms with Gasteiger partial charge in [0, 0.05) is 0 Å². The van der Waals surface area contributed by atoms with Crippen molar-refractivity contribution in [1.82, 2.24) is 4.90 Å². The van der Waals surface area contributed by atoms with Crippen molar-refractivity contribution in [3.8, 4) is 0 Å². The fourth-order valence-corrected chi connectivity index (χ4v) is 2.08. The molecule has 1 atom stereocenters. The molecule has 0 aliphatic rings. The van der Waals surface area contributed by atoms with Gasteiger partial charge in [-0.25, -0.2) is 14.4 Å². The average Bonchev–Trinajstić information content (AvgIpc) is 2.52. The number of carbonyl (C=O) groups is 3. The average molecular weight is 414 g/mol. The standard InChI is InChI=1S/C20H35N3O6/c1-14(21)22-13-11-9-10-12-15(16(24)27-8)23(17(25)28-19(2,3)4)18(26)29-20(5,6)7/h9,11,15H,10,12-13H2,1-8H3,(H2,21,22)/t15-/m0/s1. The molecule has 0 radical (unpaired) electrons. The number of carbonyl (C=O) groups excluding carboxylic acids is 3. The fraction of sp³-hybridized carbons (Fsp3) is 0.700. The van der Waals surface area contributed by atoms with E-state index < -0.39 is 35.4 Å². The molecule has 0 aliphatic heterocycles. The highest BCUT2D eigenvalue weighted by Gasteiger charge is 2.40. The van der Waals surface area contributed by atoms with E-state index in [1.54, 1.807) is 60.6 Å². The van der Waals surface area contributed by atoms with Crippen molar-refractivity contribution in [2.24, 2.45) is 10.7 Å². The van der Waals surface area contributed by atoms with Crippen LogP contribution >= 0.6 is 0 Å². The summed E-state index contributed by atoms with van der Waals surface area (Å²) in [5, 5.41) is 0. The predicted octanol–water partition coefficient (Wildman–Crippen LogP) is 3.41. The quantitative estimate of drug-likeness (QED) is 0.223. The number of nitrogens with two attached hydrogens (primary N) is 1. The summed E-state index contributed by atoms with van der Waals surface area (Å²) in [7, 11) is 1.19. The summed E-state index contributed by atoms with van der Waals surface area (Å²) in [4.78, 5) is 42.5. The lowest BCUT2D eigenvalue weighted by atomic mass is 10.1. The third kappa shape index (κ3) is 11.8. The molecule has 2 amide bonds. The van der Waals surface area contributed by atoms with Gasteiger partial charge in [-0.3, -0.25) is 4.99 Å². The molecule has 2 N–H and O–H groups in total. The first-order chi connectivity index (χ1) is 13.2. The number of ether oxygens (including phenoxy) is 3. The Morgan fingerprint density at radius 3 is 1.86 bits per heavy atom. The third-order valence-electron chi connectivity index (χ3n) is 3.18. The zero-order valence-electron chi connectivity index (χ0n) is 18.8. The van der Waals surface area contributed by atoms with Crippen molar-refractivity contribution in [2.45, 2.75) is 78.6 Å². The third-order valence-corrected chi connectivity index (χ3v) is 3.18. The van der Waals surface area contributed by atoms with Crippen molar-refractivity contribution in [3.63, 3.8) is 0 Å². The van der Waals surface area contributed by atoms with Gasteiger partial charge >= 0.3 is 18.2 Å². The van der Waals surface area contributed by atoms with Crippen LogP contribution in [-0.2, 0) is 19.0 Å². The Morgan fingerprint density at radius 2 is 1.48 bits per heavy atom. The van der Waals surface area contributed by atoms with Crippen molar-refractivity contribution >= 4 is 24.0 Å². The van der Waals surface area contributed by atoms with Crippen molar-refractivity contribution in [3.05, 3.63) is 12.2 Å². The number of hydrogen-bond donors (Lipinski definition) is 1. The predicted molar refractivity (Wildman–Crippen MR) is 111 cm³/mol. The zero-order valence-corrected chi connectivity index (χ0v) is 18.8. The first-order valence-electron chi connectivity index (χ1n) is 9.42. The van der Waals surface area contributed by atoms with E-state index in [0.29, 0.717) is 23.7 Å². The summed E-state index contributed by atoms with van der Waals surface area (Å²) in [6.45, 7) is 12.0. The smallest absolute Gasteiger partial charge is 0.420 e. The molecule has 0 fully saturated rings. The number of esters is 1. The summed E-state index contributed by atoms with van der Waals surface area (Å²) >= 11 is 0.